The summed E-state index contributed by atoms with van der Waals surface area (Å²) in [6.45, 7) is 2.91. The van der Waals surface area contributed by atoms with Crippen LogP contribution in [-0.2, 0) is 0 Å². The van der Waals surface area contributed by atoms with Gasteiger partial charge in [-0.2, -0.15) is 4.98 Å². The predicted octanol–water partition coefficient (Wildman–Crippen LogP) is 4.08. The average molecular weight is 373 g/mol. The van der Waals surface area contributed by atoms with Crippen molar-refractivity contribution in [3.63, 3.8) is 0 Å². The van der Waals surface area contributed by atoms with E-state index in [1.54, 1.807) is 12.5 Å². The van der Waals surface area contributed by atoms with Crippen LogP contribution in [0.1, 0.15) is 37.8 Å². The largest absolute Gasteiger partial charge is 0.348 e. The quantitative estimate of drug-likeness (QED) is 0.627. The van der Waals surface area contributed by atoms with Gasteiger partial charge in [-0.1, -0.05) is 12.5 Å². The molecule has 0 amide bonds. The molecule has 7 nitrogen and oxygen atoms in total. The van der Waals surface area contributed by atoms with Gasteiger partial charge in [0.05, 0.1) is 29.9 Å². The van der Waals surface area contributed by atoms with Crippen molar-refractivity contribution in [2.75, 3.05) is 17.2 Å². The normalized spacial score (nSPS) is 17.8. The van der Waals surface area contributed by atoms with E-state index in [0.29, 0.717) is 5.95 Å². The zero-order valence-corrected chi connectivity index (χ0v) is 15.8. The average Bonchev–Trinajstić information content (AvgIpc) is 3.29. The van der Waals surface area contributed by atoms with Gasteiger partial charge in [-0.05, 0) is 61.1 Å². The van der Waals surface area contributed by atoms with Crippen LogP contribution in [0.5, 0.6) is 0 Å². The minimum absolute atomic E-state index is 0.0666. The van der Waals surface area contributed by atoms with E-state index in [4.69, 9.17) is 0 Å². The molecule has 1 fully saturated rings. The fourth-order valence-electron chi connectivity index (χ4n) is 3.67. The number of amidine groups is 1. The minimum atomic E-state index is 0.0666. The molecule has 1 saturated carbocycles. The van der Waals surface area contributed by atoms with Gasteiger partial charge in [0, 0.05) is 6.20 Å². The maximum Gasteiger partial charge on any atom is 0.225 e. The smallest absolute Gasteiger partial charge is 0.225 e. The molecule has 3 aromatic rings. The van der Waals surface area contributed by atoms with Crippen molar-refractivity contribution in [2.45, 2.75) is 32.2 Å². The first kappa shape index (κ1) is 16.9. The highest BCUT2D eigenvalue weighted by Crippen LogP contribution is 2.34. The highest BCUT2D eigenvalue weighted by atomic mass is 15.2. The molecule has 1 atom stereocenters. The summed E-state index contributed by atoms with van der Waals surface area (Å²) in [5.41, 5.74) is 4.58. The van der Waals surface area contributed by atoms with Crippen LogP contribution in [0.15, 0.2) is 53.4 Å². The second kappa shape index (κ2) is 7.07. The van der Waals surface area contributed by atoms with Gasteiger partial charge in [0.2, 0.25) is 5.95 Å². The van der Waals surface area contributed by atoms with E-state index < -0.39 is 0 Å². The monoisotopic (exact) mass is 373 g/mol. The fourth-order valence-corrected chi connectivity index (χ4v) is 3.67. The molecule has 0 bridgehead atoms. The van der Waals surface area contributed by atoms with Crippen molar-refractivity contribution in [2.24, 2.45) is 10.9 Å². The standard InChI is InChI=1S/C21H23N7/c1-13(15-5-6-17-18(9-15)25-12-24-17)26-21-22-8-7-19(28-21)27-20-10-16(11-23-20)14-3-2-4-14/h5-10,12-14H,2-4,11H2,1H3,(H,24,25)(H2,22,23,26,27,28)/t13-/m0/s1. The molecule has 2 aliphatic rings. The Morgan fingerprint density at radius 3 is 2.96 bits per heavy atom. The lowest BCUT2D eigenvalue weighted by atomic mass is 9.80. The van der Waals surface area contributed by atoms with Gasteiger partial charge >= 0.3 is 0 Å². The van der Waals surface area contributed by atoms with E-state index in [1.807, 2.05) is 12.1 Å². The molecule has 1 aliphatic carbocycles. The molecule has 7 heteroatoms. The molecule has 0 unspecified atom stereocenters. The Labute approximate surface area is 163 Å². The van der Waals surface area contributed by atoms with Gasteiger partial charge in [0.25, 0.3) is 0 Å². The predicted molar refractivity (Wildman–Crippen MR) is 112 cm³/mol. The Bertz CT molecular complexity index is 1060. The van der Waals surface area contributed by atoms with E-state index in [0.717, 1.165) is 40.7 Å². The third-order valence-electron chi connectivity index (χ3n) is 5.59. The molecule has 1 aromatic carbocycles. The van der Waals surface area contributed by atoms with Crippen LogP contribution in [0.2, 0.25) is 0 Å². The molecule has 142 valence electrons. The van der Waals surface area contributed by atoms with Gasteiger partial charge in [-0.25, -0.2) is 9.97 Å². The number of benzene rings is 1. The fraction of sp³-hybridized carbons (Fsp3) is 0.333. The molecule has 3 heterocycles. The van der Waals surface area contributed by atoms with Crippen LogP contribution < -0.4 is 10.6 Å². The maximum absolute atomic E-state index is 4.60. The van der Waals surface area contributed by atoms with E-state index in [9.17, 15) is 0 Å². The summed E-state index contributed by atoms with van der Waals surface area (Å²) in [4.78, 5) is 21.0. The summed E-state index contributed by atoms with van der Waals surface area (Å²) < 4.78 is 0. The van der Waals surface area contributed by atoms with Crippen LogP contribution in [0.4, 0.5) is 11.8 Å². The number of hydrogen-bond donors (Lipinski definition) is 3. The molecule has 3 N–H and O–H groups in total. The maximum atomic E-state index is 4.60. The zero-order valence-electron chi connectivity index (χ0n) is 15.8. The molecular weight excluding hydrogens is 350 g/mol. The van der Waals surface area contributed by atoms with Crippen LogP contribution >= 0.6 is 0 Å². The van der Waals surface area contributed by atoms with E-state index in [2.05, 4.69) is 60.7 Å². The molecule has 1 aliphatic heterocycles. The lowest BCUT2D eigenvalue weighted by molar-refractivity contribution is 0.366. The summed E-state index contributed by atoms with van der Waals surface area (Å²) >= 11 is 0. The van der Waals surface area contributed by atoms with Gasteiger partial charge in [-0.15, -0.1) is 0 Å². The van der Waals surface area contributed by atoms with E-state index in [-0.39, 0.29) is 6.04 Å². The van der Waals surface area contributed by atoms with Gasteiger partial charge in [-0.3, -0.25) is 4.99 Å². The van der Waals surface area contributed by atoms with Gasteiger partial charge in [0.15, 0.2) is 0 Å². The van der Waals surface area contributed by atoms with Crippen molar-refractivity contribution in [1.82, 2.24) is 19.9 Å². The number of hydrogen-bond acceptors (Lipinski definition) is 6. The summed E-state index contributed by atoms with van der Waals surface area (Å²) in [6.07, 6.45) is 9.60. The van der Waals surface area contributed by atoms with Crippen molar-refractivity contribution < 1.29 is 0 Å². The topological polar surface area (TPSA) is 90.9 Å². The second-order valence-electron chi connectivity index (χ2n) is 7.48. The first-order chi connectivity index (χ1) is 13.7. The summed E-state index contributed by atoms with van der Waals surface area (Å²) in [5, 5.41) is 6.69. The SMILES string of the molecule is C[C@H](Nc1nccc(NC2=NCC(C3CCC3)=C2)n1)c1ccc2nc[nH]c2c1. The number of aromatic nitrogens is 4. The first-order valence-electron chi connectivity index (χ1n) is 9.79. The summed E-state index contributed by atoms with van der Waals surface area (Å²) in [7, 11) is 0. The van der Waals surface area contributed by atoms with E-state index >= 15 is 0 Å². The number of aliphatic imine (C=N–C) groups is 1. The number of rotatable bonds is 5. The lowest BCUT2D eigenvalue weighted by Gasteiger charge is -2.26. The molecule has 2 aromatic heterocycles. The lowest BCUT2D eigenvalue weighted by Crippen LogP contribution is -2.15. The van der Waals surface area contributed by atoms with E-state index in [1.165, 1.54) is 24.8 Å². The Morgan fingerprint density at radius 2 is 2.11 bits per heavy atom. The Balaban J connectivity index is 1.27. The number of nitrogens with one attached hydrogen (secondary N) is 3. The number of nitrogens with zero attached hydrogens (tertiary/aromatic N) is 4. The number of aromatic amines is 1. The van der Waals surface area contributed by atoms with Gasteiger partial charge < -0.3 is 15.6 Å². The molecule has 28 heavy (non-hydrogen) atoms. The number of fused-ring (bicyclic) bond motifs is 1. The van der Waals surface area contributed by atoms with Crippen molar-refractivity contribution in [3.8, 4) is 0 Å². The van der Waals surface area contributed by atoms with Crippen molar-refractivity contribution in [1.29, 1.82) is 0 Å². The molecule has 5 rings (SSSR count). The highest BCUT2D eigenvalue weighted by molar-refractivity contribution is 6.05. The zero-order chi connectivity index (χ0) is 18.9. The minimum Gasteiger partial charge on any atom is -0.348 e. The third kappa shape index (κ3) is 3.35. The number of anilines is 2. The summed E-state index contributed by atoms with van der Waals surface area (Å²) in [6, 6.07) is 8.12. The molecular formula is C21H23N7. The summed E-state index contributed by atoms with van der Waals surface area (Å²) in [5.74, 6) is 2.96. The number of H-pyrrole nitrogens is 1. The molecule has 0 saturated heterocycles. The Morgan fingerprint density at radius 1 is 1.18 bits per heavy atom. The van der Waals surface area contributed by atoms with Crippen LogP contribution in [-0.4, -0.2) is 32.3 Å². The molecule has 0 spiro atoms. The highest BCUT2D eigenvalue weighted by Gasteiger charge is 2.24. The second-order valence-corrected chi connectivity index (χ2v) is 7.48. The van der Waals surface area contributed by atoms with Crippen LogP contribution in [0.3, 0.4) is 0 Å². The Hall–Kier alpha value is -3.22. The third-order valence-corrected chi connectivity index (χ3v) is 5.59. The first-order valence-corrected chi connectivity index (χ1v) is 9.79. The molecule has 0 radical (unpaired) electrons. The Kier molecular flexibility index (Phi) is 4.27. The van der Waals surface area contributed by atoms with Crippen molar-refractivity contribution in [3.05, 3.63) is 54.0 Å². The van der Waals surface area contributed by atoms with Crippen LogP contribution in [0, 0.1) is 5.92 Å². The van der Waals surface area contributed by atoms with Crippen LogP contribution in [0.25, 0.3) is 11.0 Å². The van der Waals surface area contributed by atoms with Crippen molar-refractivity contribution >= 4 is 28.6 Å². The number of imidazole rings is 1. The van der Waals surface area contributed by atoms with Gasteiger partial charge in [0.1, 0.15) is 11.7 Å².